The molecule has 9 aromatic carbocycles. The van der Waals surface area contributed by atoms with Crippen molar-refractivity contribution < 1.29 is 0 Å². The van der Waals surface area contributed by atoms with Gasteiger partial charge in [0.1, 0.15) is 0 Å². The van der Waals surface area contributed by atoms with Crippen LogP contribution in [0.15, 0.2) is 261 Å². The Kier molecular flexibility index (Phi) is 19.1. The van der Waals surface area contributed by atoms with Gasteiger partial charge >= 0.3 is 0 Å². The second-order valence-corrected chi connectivity index (χ2v) is 33.1. The first-order valence-electron chi connectivity index (χ1n) is 37.3. The number of hydrogen-bond donors (Lipinski definition) is 2. The molecule has 8 nitrogen and oxygen atoms in total. The van der Waals surface area contributed by atoms with E-state index in [4.69, 9.17) is 19.9 Å². The van der Waals surface area contributed by atoms with Crippen LogP contribution in [0.3, 0.4) is 0 Å². The highest BCUT2D eigenvalue weighted by atomic mass is 127. The molecule has 8 heterocycles. The van der Waals surface area contributed by atoms with Crippen LogP contribution >= 0.6 is 22.6 Å². The van der Waals surface area contributed by atoms with Gasteiger partial charge in [-0.3, -0.25) is 19.9 Å². The van der Waals surface area contributed by atoms with E-state index in [-0.39, 0.29) is 24.3 Å². The normalized spacial score (nSPS) is 12.9. The van der Waals surface area contributed by atoms with Crippen molar-refractivity contribution in [3.8, 4) is 45.0 Å². The molecule has 11 heteroatoms. The molecule has 13 aromatic rings. The van der Waals surface area contributed by atoms with Gasteiger partial charge in [0.15, 0.2) is 0 Å². The minimum absolute atomic E-state index is 0.0266. The van der Waals surface area contributed by atoms with Crippen LogP contribution in [-0.4, -0.2) is 33.4 Å². The highest BCUT2D eigenvalue weighted by Crippen LogP contribution is 2.48. The molecule has 0 saturated heterocycles. The maximum atomic E-state index is 4.93. The first kappa shape index (κ1) is 70.3. The third kappa shape index (κ3) is 13.9. The molecule has 0 radical (unpaired) electrons. The van der Waals surface area contributed by atoms with Crippen LogP contribution in [-0.2, 0) is 10.8 Å². The summed E-state index contributed by atoms with van der Waals surface area (Å²) in [6.07, 6.45) is 7.79. The summed E-state index contributed by atoms with van der Waals surface area (Å²) in [5.74, 6) is 1.72. The number of benzene rings is 9. The summed E-state index contributed by atoms with van der Waals surface area (Å²) in [6.45, 7) is 31.7. The van der Waals surface area contributed by atoms with Crippen molar-refractivity contribution in [2.45, 2.75) is 131 Å². The van der Waals surface area contributed by atoms with Gasteiger partial charge in [-0.15, -0.1) is 0 Å². The number of hydrogen-bond acceptors (Lipinski definition) is 8. The maximum absolute atomic E-state index is 4.93. The molecule has 17 rings (SSSR count). The van der Waals surface area contributed by atoms with E-state index in [1.165, 1.54) is 104 Å². The molecule has 0 bridgehead atoms. The van der Waals surface area contributed by atoms with Crippen LogP contribution in [0.1, 0.15) is 154 Å². The van der Waals surface area contributed by atoms with Gasteiger partial charge in [0, 0.05) is 85.2 Å². The van der Waals surface area contributed by atoms with Gasteiger partial charge in [-0.05, 0) is 279 Å². The second-order valence-electron chi connectivity index (χ2n) is 31.8. The predicted octanol–water partition coefficient (Wildman–Crippen LogP) is 21.7. The molecular formula is C94H91B2IN8. The maximum Gasteiger partial charge on any atom is 0.252 e. The van der Waals surface area contributed by atoms with Crippen molar-refractivity contribution in [1.29, 1.82) is 0 Å². The average Bonchev–Trinajstić information content (AvgIpc) is 0.716. The molecular weight excluding hydrogens is 1390 g/mol. The predicted molar refractivity (Wildman–Crippen MR) is 457 cm³/mol. The van der Waals surface area contributed by atoms with E-state index in [0.29, 0.717) is 23.7 Å². The van der Waals surface area contributed by atoms with Crippen molar-refractivity contribution in [3.05, 3.63) is 298 Å². The molecule has 0 spiro atoms. The van der Waals surface area contributed by atoms with Crippen LogP contribution < -0.4 is 53.2 Å². The lowest BCUT2D eigenvalue weighted by atomic mass is 9.33. The van der Waals surface area contributed by atoms with Crippen LogP contribution in [0.5, 0.6) is 0 Å². The summed E-state index contributed by atoms with van der Waals surface area (Å²) < 4.78 is 1.29. The van der Waals surface area contributed by atoms with Crippen molar-refractivity contribution in [1.82, 2.24) is 19.9 Å². The fraction of sp³-hybridized carbons (Fsp3) is 0.213. The third-order valence-corrected chi connectivity index (χ3v) is 22.0. The van der Waals surface area contributed by atoms with E-state index in [2.05, 4.69) is 358 Å². The zero-order valence-electron chi connectivity index (χ0n) is 62.9. The van der Waals surface area contributed by atoms with Crippen LogP contribution in [0.25, 0.3) is 45.0 Å². The largest absolute Gasteiger partial charge is 0.356 e. The highest BCUT2D eigenvalue weighted by molar-refractivity contribution is 14.1. The number of pyridine rings is 4. The van der Waals surface area contributed by atoms with Gasteiger partial charge in [-0.25, -0.2) is 0 Å². The van der Waals surface area contributed by atoms with E-state index < -0.39 is 0 Å². The van der Waals surface area contributed by atoms with Gasteiger partial charge in [0.05, 0.1) is 22.8 Å². The molecule has 0 atom stereocenters. The number of halogens is 1. The molecule has 0 saturated carbocycles. The summed E-state index contributed by atoms with van der Waals surface area (Å²) in [6, 6.07) is 86.7. The number of aromatic nitrogens is 4. The smallest absolute Gasteiger partial charge is 0.252 e. The molecule has 0 amide bonds. The quantitative estimate of drug-likeness (QED) is 0.104. The standard InChI is InChI=1S/C50H47BN4.C38H39BN4.C6H5I/c1-32(2)34-22-24-52-43(28-34)36-18-20-45-41(26-36)51-42-27-37(44-29-35(33(3)4)23-25-53-44)19-21-46(42)55(40-16-12-9-13-17-40)48-31-38(50(5,6)7)30-47(49(48)51)54(45)39-14-10-8-11-15-39;1-22(2)24-12-14-40-33(18-24)26-8-10-31-29(16-26)39-30-17-27(34-19-25(23(3)4)13-15-41-34)9-11-32(30)43-36-21-28(38(5,6)7)20-35(42-31)37(36)39;7-6-4-2-1-3-5-6/h8-33H,1-7H3;8-23,42-43H,1-7H3;1-5H. The minimum Gasteiger partial charge on any atom is -0.356 e. The lowest BCUT2D eigenvalue weighted by Crippen LogP contribution is -2.61. The first-order chi connectivity index (χ1) is 50.5. The Morgan fingerprint density at radius 2 is 0.629 bits per heavy atom. The van der Waals surface area contributed by atoms with E-state index in [1.807, 2.05) is 43.0 Å². The first-order valence-corrected chi connectivity index (χ1v) is 38.3. The topological polar surface area (TPSA) is 82.1 Å². The molecule has 0 unspecified atom stereocenters. The SMILES string of the molecule is CC(C)c1ccnc(-c2ccc3c(c2)B2c4cc(-c5cc(C(C)C)ccn5)ccc4N(c4ccccc4)c4cc(C(C)(C)C)cc(c42)N3c2ccccc2)c1.CC(C)c1ccnc(-c2ccc3c(c2)B2c4cc(-c5cc(C(C)C)ccn5)ccc4Nc4cc(C(C)(C)C)cc(c42)N3)c1.Ic1ccccc1. The van der Waals surface area contributed by atoms with Gasteiger partial charge in [-0.1, -0.05) is 200 Å². The number of rotatable bonds is 10. The molecule has 0 aliphatic carbocycles. The number of para-hydroxylation sites is 2. The van der Waals surface area contributed by atoms with Crippen molar-refractivity contribution in [3.63, 3.8) is 0 Å². The minimum atomic E-state index is -0.0831. The number of fused-ring (bicyclic) bond motifs is 8. The molecule has 4 aliphatic rings. The Morgan fingerprint density at radius 1 is 0.314 bits per heavy atom. The monoisotopic (exact) mass is 1480 g/mol. The summed E-state index contributed by atoms with van der Waals surface area (Å²) in [5.41, 5.74) is 35.7. The highest BCUT2D eigenvalue weighted by Gasteiger charge is 2.45. The lowest BCUT2D eigenvalue weighted by Gasteiger charge is -2.45. The van der Waals surface area contributed by atoms with E-state index >= 15 is 0 Å². The fourth-order valence-electron chi connectivity index (χ4n) is 15.3. The Morgan fingerprint density at radius 3 is 0.952 bits per heavy atom. The summed E-state index contributed by atoms with van der Waals surface area (Å²) in [4.78, 5) is 24.4. The molecule has 2 N–H and O–H groups in total. The summed E-state index contributed by atoms with van der Waals surface area (Å²) >= 11 is 2.28. The Bertz CT molecular complexity index is 5120. The van der Waals surface area contributed by atoms with Gasteiger partial charge in [0.25, 0.3) is 13.4 Å². The Hall–Kier alpha value is -10.4. The van der Waals surface area contributed by atoms with Crippen LogP contribution in [0.2, 0.25) is 0 Å². The average molecular weight is 1480 g/mol. The fourth-order valence-corrected chi connectivity index (χ4v) is 15.7. The van der Waals surface area contributed by atoms with Crippen molar-refractivity contribution in [2.24, 2.45) is 0 Å². The van der Waals surface area contributed by atoms with E-state index in [0.717, 1.165) is 67.8 Å². The summed E-state index contributed by atoms with van der Waals surface area (Å²) in [5, 5.41) is 7.65. The van der Waals surface area contributed by atoms with Crippen LogP contribution in [0.4, 0.5) is 56.9 Å². The lowest BCUT2D eigenvalue weighted by molar-refractivity contribution is 0.590. The Labute approximate surface area is 636 Å². The third-order valence-electron chi connectivity index (χ3n) is 21.3. The Balaban J connectivity index is 0.000000158. The molecule has 4 aromatic heterocycles. The number of nitrogens with zero attached hydrogens (tertiary/aromatic N) is 6. The van der Waals surface area contributed by atoms with Gasteiger partial charge < -0.3 is 20.4 Å². The zero-order chi connectivity index (χ0) is 73.2. The number of anilines is 10. The van der Waals surface area contributed by atoms with Crippen molar-refractivity contribution in [2.75, 3.05) is 20.4 Å². The van der Waals surface area contributed by atoms with Gasteiger partial charge in [0.2, 0.25) is 0 Å². The number of nitrogens with one attached hydrogen (secondary N) is 2. The second kappa shape index (κ2) is 28.6. The van der Waals surface area contributed by atoms with Gasteiger partial charge in [-0.2, -0.15) is 0 Å². The van der Waals surface area contributed by atoms with E-state index in [9.17, 15) is 0 Å². The molecule has 105 heavy (non-hydrogen) atoms. The molecule has 4 aliphatic heterocycles. The zero-order valence-corrected chi connectivity index (χ0v) is 65.0. The molecule has 520 valence electrons. The van der Waals surface area contributed by atoms with Crippen LogP contribution in [0, 0.1) is 3.57 Å². The summed E-state index contributed by atoms with van der Waals surface area (Å²) in [7, 11) is 0. The molecule has 0 fully saturated rings. The van der Waals surface area contributed by atoms with E-state index in [1.54, 1.807) is 0 Å². The van der Waals surface area contributed by atoms with Crippen molar-refractivity contribution >= 4 is 126 Å².